The third-order valence-corrected chi connectivity index (χ3v) is 4.22. The zero-order chi connectivity index (χ0) is 11.6. The maximum absolute atomic E-state index is 11.5. The first kappa shape index (κ1) is 12.6. The number of rotatable bonds is 3. The Bertz CT molecular complexity index is 473. The van der Waals surface area contributed by atoms with E-state index in [2.05, 4.69) is 4.72 Å². The smallest absolute Gasteiger partial charge is 0.241 e. The molecule has 1 rings (SSSR count). The van der Waals surface area contributed by atoms with Crippen molar-refractivity contribution in [1.29, 1.82) is 0 Å². The topological polar surface area (TPSA) is 55.4 Å². The molecule has 7 heteroatoms. The van der Waals surface area contributed by atoms with Gasteiger partial charge < -0.3 is 4.74 Å². The van der Waals surface area contributed by atoms with Gasteiger partial charge in [-0.1, -0.05) is 23.2 Å². The van der Waals surface area contributed by atoms with Crippen molar-refractivity contribution < 1.29 is 13.2 Å². The van der Waals surface area contributed by atoms with Crippen LogP contribution in [0.3, 0.4) is 0 Å². The molecule has 0 aliphatic carbocycles. The van der Waals surface area contributed by atoms with Gasteiger partial charge in [-0.3, -0.25) is 0 Å². The summed E-state index contributed by atoms with van der Waals surface area (Å²) in [5, 5.41) is 0.0286. The molecule has 15 heavy (non-hydrogen) atoms. The fraction of sp³-hybridized carbons (Fsp3) is 0.250. The second kappa shape index (κ2) is 4.57. The van der Waals surface area contributed by atoms with E-state index in [9.17, 15) is 8.42 Å². The van der Waals surface area contributed by atoms with Gasteiger partial charge >= 0.3 is 0 Å². The molecule has 1 N–H and O–H groups in total. The number of halogens is 2. The van der Waals surface area contributed by atoms with E-state index >= 15 is 0 Å². The van der Waals surface area contributed by atoms with Gasteiger partial charge in [0.1, 0.15) is 15.7 Å². The maximum atomic E-state index is 11.5. The largest absolute Gasteiger partial charge is 0.495 e. The molecule has 0 atom stereocenters. The summed E-state index contributed by atoms with van der Waals surface area (Å²) in [4.78, 5) is -0.0718. The summed E-state index contributed by atoms with van der Waals surface area (Å²) in [5.41, 5.74) is 0. The minimum Gasteiger partial charge on any atom is -0.495 e. The molecule has 0 heterocycles. The van der Waals surface area contributed by atoms with E-state index in [1.807, 2.05) is 0 Å². The van der Waals surface area contributed by atoms with E-state index < -0.39 is 10.0 Å². The van der Waals surface area contributed by atoms with Crippen LogP contribution in [0.15, 0.2) is 17.0 Å². The summed E-state index contributed by atoms with van der Waals surface area (Å²) in [5.74, 6) is 0.330. The number of hydrogen-bond acceptors (Lipinski definition) is 3. The monoisotopic (exact) mass is 269 g/mol. The number of nitrogens with one attached hydrogen (secondary N) is 1. The number of ether oxygens (including phenoxy) is 1. The summed E-state index contributed by atoms with van der Waals surface area (Å²) < 4.78 is 30.0. The van der Waals surface area contributed by atoms with Crippen LogP contribution in [0.1, 0.15) is 0 Å². The quantitative estimate of drug-likeness (QED) is 0.912. The fourth-order valence-electron chi connectivity index (χ4n) is 0.989. The van der Waals surface area contributed by atoms with Crippen molar-refractivity contribution in [2.24, 2.45) is 0 Å². The van der Waals surface area contributed by atoms with Gasteiger partial charge in [-0.25, -0.2) is 13.1 Å². The molecule has 0 aliphatic heterocycles. The Labute approximate surface area is 98.2 Å². The molecular formula is C8H9Cl2NO3S. The van der Waals surface area contributed by atoms with Gasteiger partial charge in [0.25, 0.3) is 0 Å². The van der Waals surface area contributed by atoms with Crippen LogP contribution in [0.5, 0.6) is 5.75 Å². The van der Waals surface area contributed by atoms with Crippen molar-refractivity contribution in [3.8, 4) is 5.75 Å². The summed E-state index contributed by atoms with van der Waals surface area (Å²) in [6.07, 6.45) is 0. The molecule has 0 saturated carbocycles. The highest BCUT2D eigenvalue weighted by Crippen LogP contribution is 2.36. The van der Waals surface area contributed by atoms with E-state index in [1.165, 1.54) is 26.3 Å². The predicted octanol–water partition coefficient (Wildman–Crippen LogP) is 1.91. The Kier molecular flexibility index (Phi) is 3.83. The summed E-state index contributed by atoms with van der Waals surface area (Å²) in [7, 11) is -0.882. The van der Waals surface area contributed by atoms with Gasteiger partial charge in [0.05, 0.1) is 12.1 Å². The molecule has 0 unspecified atom stereocenters. The summed E-state index contributed by atoms with van der Waals surface area (Å²) in [6.45, 7) is 0. The molecule has 0 bridgehead atoms. The van der Waals surface area contributed by atoms with Crippen molar-refractivity contribution in [1.82, 2.24) is 4.72 Å². The maximum Gasteiger partial charge on any atom is 0.241 e. The van der Waals surface area contributed by atoms with Gasteiger partial charge in [0, 0.05) is 0 Å². The fourth-order valence-corrected chi connectivity index (χ4v) is 2.55. The highest BCUT2D eigenvalue weighted by atomic mass is 35.5. The van der Waals surface area contributed by atoms with Gasteiger partial charge in [0.15, 0.2) is 0 Å². The van der Waals surface area contributed by atoms with Crippen LogP contribution in [0, 0.1) is 0 Å². The normalized spacial score (nSPS) is 11.5. The van der Waals surface area contributed by atoms with Crippen LogP contribution >= 0.6 is 23.2 Å². The molecule has 0 aromatic heterocycles. The number of hydrogen-bond donors (Lipinski definition) is 1. The molecule has 0 amide bonds. The van der Waals surface area contributed by atoms with E-state index in [-0.39, 0.29) is 14.9 Å². The van der Waals surface area contributed by atoms with Crippen LogP contribution in [0.4, 0.5) is 0 Å². The first-order valence-electron chi connectivity index (χ1n) is 3.89. The van der Waals surface area contributed by atoms with Crippen molar-refractivity contribution in [3.05, 3.63) is 22.2 Å². The zero-order valence-electron chi connectivity index (χ0n) is 8.04. The number of sulfonamides is 1. The second-order valence-corrected chi connectivity index (χ2v) is 5.21. The van der Waals surface area contributed by atoms with Crippen LogP contribution < -0.4 is 9.46 Å². The third kappa shape index (κ3) is 2.36. The lowest BCUT2D eigenvalue weighted by molar-refractivity contribution is 0.414. The Balaban J connectivity index is 3.43. The Morgan fingerprint density at radius 2 is 1.87 bits per heavy atom. The first-order chi connectivity index (χ1) is 6.94. The minimum atomic E-state index is -3.60. The van der Waals surface area contributed by atoms with Crippen LogP contribution in [0.2, 0.25) is 10.0 Å². The predicted molar refractivity (Wildman–Crippen MR) is 59.3 cm³/mol. The highest BCUT2D eigenvalue weighted by Gasteiger charge is 2.19. The summed E-state index contributed by atoms with van der Waals surface area (Å²) >= 11 is 11.6. The SMILES string of the molecule is CNS(=O)(=O)c1ccc(OC)c(Cl)c1Cl. The molecule has 0 aliphatic rings. The third-order valence-electron chi connectivity index (χ3n) is 1.79. The van der Waals surface area contributed by atoms with Crippen LogP contribution in [-0.2, 0) is 10.0 Å². The molecule has 4 nitrogen and oxygen atoms in total. The van der Waals surface area contributed by atoms with Gasteiger partial charge in [-0.05, 0) is 19.2 Å². The average Bonchev–Trinajstić information content (AvgIpc) is 2.21. The molecule has 0 radical (unpaired) electrons. The molecule has 0 spiro atoms. The van der Waals surface area contributed by atoms with E-state index in [0.717, 1.165) is 0 Å². The lowest BCUT2D eigenvalue weighted by atomic mass is 10.3. The van der Waals surface area contributed by atoms with Crippen LogP contribution in [0.25, 0.3) is 0 Å². The average molecular weight is 270 g/mol. The van der Waals surface area contributed by atoms with Crippen molar-refractivity contribution in [2.45, 2.75) is 4.90 Å². The van der Waals surface area contributed by atoms with Crippen molar-refractivity contribution >= 4 is 33.2 Å². The second-order valence-electron chi connectivity index (χ2n) is 2.60. The molecular weight excluding hydrogens is 261 g/mol. The minimum absolute atomic E-state index is 0.0506. The molecule has 1 aromatic carbocycles. The van der Waals surface area contributed by atoms with Crippen LogP contribution in [-0.4, -0.2) is 22.6 Å². The molecule has 0 fully saturated rings. The number of benzene rings is 1. The van der Waals surface area contributed by atoms with Gasteiger partial charge in [0.2, 0.25) is 10.0 Å². The number of methoxy groups -OCH3 is 1. The van der Waals surface area contributed by atoms with Crippen molar-refractivity contribution in [2.75, 3.05) is 14.2 Å². The zero-order valence-corrected chi connectivity index (χ0v) is 10.4. The first-order valence-corrected chi connectivity index (χ1v) is 6.13. The van der Waals surface area contributed by atoms with E-state index in [0.29, 0.717) is 5.75 Å². The lowest BCUT2D eigenvalue weighted by Gasteiger charge is -2.09. The Morgan fingerprint density at radius 3 is 2.33 bits per heavy atom. The standard InChI is InChI=1S/C8H9Cl2NO3S/c1-11-15(12,13)6-4-3-5(14-2)7(9)8(6)10/h3-4,11H,1-2H3. The molecule has 0 saturated heterocycles. The van der Waals surface area contributed by atoms with E-state index in [4.69, 9.17) is 27.9 Å². The lowest BCUT2D eigenvalue weighted by Crippen LogP contribution is -2.19. The van der Waals surface area contributed by atoms with Gasteiger partial charge in [-0.2, -0.15) is 0 Å². The highest BCUT2D eigenvalue weighted by molar-refractivity contribution is 7.89. The summed E-state index contributed by atoms with van der Waals surface area (Å²) in [6, 6.07) is 2.78. The van der Waals surface area contributed by atoms with Gasteiger partial charge in [-0.15, -0.1) is 0 Å². The molecule has 1 aromatic rings. The molecule has 84 valence electrons. The Hall–Kier alpha value is -0.490. The van der Waals surface area contributed by atoms with Crippen molar-refractivity contribution in [3.63, 3.8) is 0 Å². The van der Waals surface area contributed by atoms with E-state index in [1.54, 1.807) is 0 Å². The Morgan fingerprint density at radius 1 is 1.27 bits per heavy atom.